The number of amides is 1. The van der Waals surface area contributed by atoms with Crippen molar-refractivity contribution in [3.63, 3.8) is 0 Å². The van der Waals surface area contributed by atoms with Gasteiger partial charge in [-0.05, 0) is 0 Å². The Morgan fingerprint density at radius 1 is 1.50 bits per heavy atom. The molecule has 0 fully saturated rings. The van der Waals surface area contributed by atoms with E-state index in [4.69, 9.17) is 10.9 Å². The Morgan fingerprint density at radius 2 is 2.07 bits per heavy atom. The normalized spacial score (nSPS) is 12.5. The van der Waals surface area contributed by atoms with Crippen LogP contribution in [0.5, 0.6) is 0 Å². The van der Waals surface area contributed by atoms with Gasteiger partial charge in [0.1, 0.15) is 5.84 Å². The molecule has 0 aliphatic heterocycles. The number of sulfonamides is 1. The highest BCUT2D eigenvalue weighted by molar-refractivity contribution is 7.89. The van der Waals surface area contributed by atoms with Crippen LogP contribution in [0.15, 0.2) is 5.16 Å². The number of rotatable bonds is 5. The molecule has 9 heteroatoms. The quantitative estimate of drug-likeness (QED) is 0.177. The molecule has 0 unspecified atom stereocenters. The molecule has 0 aliphatic carbocycles. The molecule has 0 radical (unpaired) electrons. The summed E-state index contributed by atoms with van der Waals surface area (Å²) in [7, 11) is -3.58. The number of carbonyl (C=O) groups is 1. The van der Waals surface area contributed by atoms with Crippen LogP contribution >= 0.6 is 0 Å². The summed E-state index contributed by atoms with van der Waals surface area (Å²) in [5.41, 5.74) is 5.03. The minimum absolute atomic E-state index is 0.101. The second kappa shape index (κ2) is 5.40. The van der Waals surface area contributed by atoms with Crippen LogP contribution in [-0.4, -0.2) is 37.7 Å². The maximum absolute atomic E-state index is 10.9. The van der Waals surface area contributed by atoms with Gasteiger partial charge in [-0.15, -0.1) is 0 Å². The van der Waals surface area contributed by atoms with Crippen LogP contribution in [0.2, 0.25) is 0 Å². The number of oxime groups is 1. The van der Waals surface area contributed by atoms with Crippen molar-refractivity contribution in [2.75, 3.05) is 12.3 Å². The third-order valence-electron chi connectivity index (χ3n) is 1.18. The first kappa shape index (κ1) is 12.7. The van der Waals surface area contributed by atoms with E-state index in [1.807, 2.05) is 0 Å². The summed E-state index contributed by atoms with van der Waals surface area (Å²) in [5, 5.41) is 17.6. The first-order valence-corrected chi connectivity index (χ1v) is 5.30. The molecule has 0 rings (SSSR count). The van der Waals surface area contributed by atoms with Crippen molar-refractivity contribution in [1.82, 2.24) is 5.32 Å². The molecule has 0 bridgehead atoms. The predicted octanol–water partition coefficient (Wildman–Crippen LogP) is -2.47. The number of nitrogens with one attached hydrogen (secondary N) is 1. The van der Waals surface area contributed by atoms with E-state index in [1.165, 1.54) is 0 Å². The Bertz CT molecular complexity index is 323. The lowest BCUT2D eigenvalue weighted by Crippen LogP contribution is -2.33. The lowest BCUT2D eigenvalue weighted by molar-refractivity contribution is -0.119. The average Bonchev–Trinajstić information content (AvgIpc) is 2.01. The number of primary sulfonamides is 1. The monoisotopic (exact) mass is 224 g/mol. The van der Waals surface area contributed by atoms with Crippen molar-refractivity contribution in [1.29, 1.82) is 0 Å². The molecule has 6 N–H and O–H groups in total. The Morgan fingerprint density at radius 3 is 2.50 bits per heavy atom. The maximum atomic E-state index is 10.9. The Kier molecular flexibility index (Phi) is 4.87. The molecule has 0 aromatic heterocycles. The molecule has 0 heterocycles. The predicted molar refractivity (Wildman–Crippen MR) is 49.0 cm³/mol. The summed E-state index contributed by atoms with van der Waals surface area (Å²) >= 11 is 0. The summed E-state index contributed by atoms with van der Waals surface area (Å²) in [4.78, 5) is 10.9. The van der Waals surface area contributed by atoms with Gasteiger partial charge in [-0.1, -0.05) is 5.16 Å². The summed E-state index contributed by atoms with van der Waals surface area (Å²) in [6.07, 6.45) is -0.291. The van der Waals surface area contributed by atoms with E-state index < -0.39 is 15.9 Å². The van der Waals surface area contributed by atoms with Crippen LogP contribution in [0.4, 0.5) is 0 Å². The Labute approximate surface area is 81.0 Å². The van der Waals surface area contributed by atoms with Gasteiger partial charge in [0, 0.05) is 6.54 Å². The van der Waals surface area contributed by atoms with Crippen LogP contribution < -0.4 is 16.2 Å². The molecule has 0 aliphatic rings. The van der Waals surface area contributed by atoms with E-state index in [0.717, 1.165) is 0 Å². The van der Waals surface area contributed by atoms with E-state index in [0.29, 0.717) is 0 Å². The largest absolute Gasteiger partial charge is 0.409 e. The fourth-order valence-corrected chi connectivity index (χ4v) is 0.982. The molecule has 14 heavy (non-hydrogen) atoms. The highest BCUT2D eigenvalue weighted by Gasteiger charge is 2.06. The highest BCUT2D eigenvalue weighted by atomic mass is 32.2. The lowest BCUT2D eigenvalue weighted by atomic mass is 10.4. The van der Waals surface area contributed by atoms with Gasteiger partial charge in [0.15, 0.2) is 0 Å². The lowest BCUT2D eigenvalue weighted by Gasteiger charge is -2.02. The first-order valence-electron chi connectivity index (χ1n) is 3.58. The molecule has 0 spiro atoms. The van der Waals surface area contributed by atoms with E-state index in [-0.39, 0.29) is 24.6 Å². The molecular weight excluding hydrogens is 212 g/mol. The average molecular weight is 224 g/mol. The third kappa shape index (κ3) is 7.31. The van der Waals surface area contributed by atoms with Crippen molar-refractivity contribution >= 4 is 21.8 Å². The van der Waals surface area contributed by atoms with Gasteiger partial charge in [0.2, 0.25) is 15.9 Å². The number of hydrogen-bond donors (Lipinski definition) is 4. The molecule has 8 nitrogen and oxygen atoms in total. The zero-order valence-electron chi connectivity index (χ0n) is 7.30. The van der Waals surface area contributed by atoms with Crippen LogP contribution in [0.1, 0.15) is 6.42 Å². The number of nitrogens with two attached hydrogens (primary N) is 2. The fourth-order valence-electron chi connectivity index (χ4n) is 0.595. The molecule has 0 saturated heterocycles. The van der Waals surface area contributed by atoms with Gasteiger partial charge in [0.25, 0.3) is 0 Å². The van der Waals surface area contributed by atoms with Gasteiger partial charge >= 0.3 is 0 Å². The van der Waals surface area contributed by atoms with E-state index in [2.05, 4.69) is 15.6 Å². The van der Waals surface area contributed by atoms with Crippen LogP contribution in [0.3, 0.4) is 0 Å². The fraction of sp³-hybridized carbons (Fsp3) is 0.600. The van der Waals surface area contributed by atoms with Gasteiger partial charge in [-0.3, -0.25) is 4.79 Å². The number of carbonyl (C=O) groups excluding carboxylic acids is 1. The van der Waals surface area contributed by atoms with Gasteiger partial charge < -0.3 is 16.3 Å². The minimum Gasteiger partial charge on any atom is -0.409 e. The summed E-state index contributed by atoms with van der Waals surface area (Å²) < 4.78 is 20.9. The van der Waals surface area contributed by atoms with Crippen LogP contribution in [0.25, 0.3) is 0 Å². The highest BCUT2D eigenvalue weighted by Crippen LogP contribution is 1.81. The third-order valence-corrected chi connectivity index (χ3v) is 1.95. The zero-order valence-corrected chi connectivity index (χ0v) is 8.12. The molecule has 1 amide bonds. The second-order valence-electron chi connectivity index (χ2n) is 2.49. The van der Waals surface area contributed by atoms with Crippen molar-refractivity contribution in [3.8, 4) is 0 Å². The number of amidine groups is 1. The van der Waals surface area contributed by atoms with E-state index in [1.54, 1.807) is 0 Å². The summed E-state index contributed by atoms with van der Waals surface area (Å²) in [6.45, 7) is -0.101. The second-order valence-corrected chi connectivity index (χ2v) is 4.22. The standard InChI is InChI=1S/C5H12N4O4S/c6-4(9-11)3-5(10)8-1-2-14(7,12)13/h11H,1-3H2,(H2,6,9)(H,8,10)(H2,7,12,13). The molecule has 0 aromatic rings. The first-order chi connectivity index (χ1) is 6.35. The van der Waals surface area contributed by atoms with E-state index >= 15 is 0 Å². The SMILES string of the molecule is N/C(CC(=O)NCCS(N)(=O)=O)=N\O. The molecule has 0 aromatic carbocycles. The van der Waals surface area contributed by atoms with Crippen molar-refractivity contribution < 1.29 is 18.4 Å². The molecular formula is C5H12N4O4S. The zero-order chi connectivity index (χ0) is 11.2. The minimum atomic E-state index is -3.58. The van der Waals surface area contributed by atoms with Crippen LogP contribution in [0, 0.1) is 0 Å². The van der Waals surface area contributed by atoms with E-state index in [9.17, 15) is 13.2 Å². The van der Waals surface area contributed by atoms with Gasteiger partial charge in [-0.2, -0.15) is 0 Å². The van der Waals surface area contributed by atoms with Crippen molar-refractivity contribution in [3.05, 3.63) is 0 Å². The molecule has 0 saturated carbocycles. The van der Waals surface area contributed by atoms with Crippen molar-refractivity contribution in [2.24, 2.45) is 16.0 Å². The number of hydrogen-bond acceptors (Lipinski definition) is 5. The smallest absolute Gasteiger partial charge is 0.227 e. The topological polar surface area (TPSA) is 148 Å². The Balaban J connectivity index is 3.77. The van der Waals surface area contributed by atoms with Crippen molar-refractivity contribution in [2.45, 2.75) is 6.42 Å². The number of nitrogens with zero attached hydrogens (tertiary/aromatic N) is 1. The van der Waals surface area contributed by atoms with Gasteiger partial charge in [0.05, 0.1) is 12.2 Å². The summed E-state index contributed by atoms with van der Waals surface area (Å²) in [5.74, 6) is -1.14. The maximum Gasteiger partial charge on any atom is 0.227 e. The summed E-state index contributed by atoms with van der Waals surface area (Å²) in [6, 6.07) is 0. The van der Waals surface area contributed by atoms with Crippen LogP contribution in [-0.2, 0) is 14.8 Å². The Hall–Kier alpha value is -1.35. The van der Waals surface area contributed by atoms with Gasteiger partial charge in [-0.25, -0.2) is 13.6 Å². The molecule has 82 valence electrons. The molecule has 0 atom stereocenters.